The lowest BCUT2D eigenvalue weighted by Gasteiger charge is -2.34. The third-order valence-electron chi connectivity index (χ3n) is 3.30. The Balaban J connectivity index is 0.00000220. The molecule has 0 aliphatic carbocycles. The number of rotatable bonds is 4. The van der Waals surface area contributed by atoms with E-state index >= 15 is 0 Å². The van der Waals surface area contributed by atoms with E-state index in [1.54, 1.807) is 12.1 Å². The number of piperazine rings is 1. The van der Waals surface area contributed by atoms with Crippen molar-refractivity contribution in [3.63, 3.8) is 0 Å². The Labute approximate surface area is 128 Å². The lowest BCUT2D eigenvalue weighted by molar-refractivity contribution is -0.133. The fourth-order valence-corrected chi connectivity index (χ4v) is 2.32. The first kappa shape index (κ1) is 17.7. The largest absolute Gasteiger partial charge is 0.435 e. The third-order valence-corrected chi connectivity index (χ3v) is 3.30. The lowest BCUT2D eigenvalue weighted by atomic mass is 10.1. The van der Waals surface area contributed by atoms with Crippen molar-refractivity contribution >= 4 is 18.3 Å². The summed E-state index contributed by atoms with van der Waals surface area (Å²) in [7, 11) is 0. The van der Waals surface area contributed by atoms with Crippen molar-refractivity contribution in [3.05, 3.63) is 29.8 Å². The molecule has 0 spiro atoms. The summed E-state index contributed by atoms with van der Waals surface area (Å²) in [6.07, 6.45) is 0.199. The maximum atomic E-state index is 12.2. The van der Waals surface area contributed by atoms with Gasteiger partial charge in [-0.05, 0) is 24.6 Å². The van der Waals surface area contributed by atoms with Crippen LogP contribution in [0.3, 0.4) is 0 Å². The maximum Gasteiger partial charge on any atom is 0.387 e. The number of halogens is 3. The van der Waals surface area contributed by atoms with Crippen molar-refractivity contribution in [2.75, 3.05) is 19.6 Å². The zero-order chi connectivity index (χ0) is 14.5. The van der Waals surface area contributed by atoms with Crippen LogP contribution >= 0.6 is 12.4 Å². The molecule has 2 rings (SSSR count). The molecule has 4 nitrogen and oxygen atoms in total. The smallest absolute Gasteiger partial charge is 0.387 e. The Morgan fingerprint density at radius 3 is 2.95 bits per heavy atom. The van der Waals surface area contributed by atoms with E-state index in [9.17, 15) is 13.6 Å². The van der Waals surface area contributed by atoms with Crippen molar-refractivity contribution in [2.45, 2.75) is 26.0 Å². The Hall–Kier alpha value is -1.40. The highest BCUT2D eigenvalue weighted by molar-refractivity contribution is 5.85. The topological polar surface area (TPSA) is 41.6 Å². The second-order valence-electron chi connectivity index (χ2n) is 4.84. The van der Waals surface area contributed by atoms with E-state index in [4.69, 9.17) is 0 Å². The average Bonchev–Trinajstić information content (AvgIpc) is 2.38. The summed E-state index contributed by atoms with van der Waals surface area (Å²) in [6.45, 7) is 1.37. The van der Waals surface area contributed by atoms with Crippen molar-refractivity contribution in [2.24, 2.45) is 0 Å². The minimum Gasteiger partial charge on any atom is -0.435 e. The summed E-state index contributed by atoms with van der Waals surface area (Å²) < 4.78 is 28.6. The molecule has 1 aliphatic heterocycles. The quantitative estimate of drug-likeness (QED) is 0.923. The third kappa shape index (κ3) is 5.13. The Morgan fingerprint density at radius 2 is 2.29 bits per heavy atom. The van der Waals surface area contributed by atoms with Crippen LogP contribution in [0, 0.1) is 0 Å². The monoisotopic (exact) mass is 320 g/mol. The summed E-state index contributed by atoms with van der Waals surface area (Å²) in [5.74, 6) is 0.0897. The van der Waals surface area contributed by atoms with E-state index in [-0.39, 0.29) is 36.5 Å². The van der Waals surface area contributed by atoms with E-state index in [0.717, 1.165) is 13.1 Å². The number of amides is 1. The van der Waals surface area contributed by atoms with Crippen LogP contribution in [0.1, 0.15) is 12.5 Å². The number of benzene rings is 1. The number of carbonyl (C=O) groups is 1. The van der Waals surface area contributed by atoms with Gasteiger partial charge in [0.25, 0.3) is 0 Å². The van der Waals surface area contributed by atoms with Gasteiger partial charge in [0.2, 0.25) is 5.91 Å². The van der Waals surface area contributed by atoms with Crippen LogP contribution in [-0.2, 0) is 11.2 Å². The van der Waals surface area contributed by atoms with Crippen molar-refractivity contribution in [3.8, 4) is 5.75 Å². The summed E-state index contributed by atoms with van der Waals surface area (Å²) in [6, 6.07) is 6.44. The fourth-order valence-electron chi connectivity index (χ4n) is 2.32. The minimum atomic E-state index is -2.85. The molecule has 1 amide bonds. The van der Waals surface area contributed by atoms with Crippen LogP contribution in [0.15, 0.2) is 24.3 Å². The molecule has 1 saturated heterocycles. The molecule has 0 radical (unpaired) electrons. The zero-order valence-corrected chi connectivity index (χ0v) is 12.5. The van der Waals surface area contributed by atoms with Gasteiger partial charge in [-0.2, -0.15) is 8.78 Å². The molecular formula is C14H19ClF2N2O2. The predicted octanol–water partition coefficient (Wildman–Crippen LogP) is 2.07. The summed E-state index contributed by atoms with van der Waals surface area (Å²) in [4.78, 5) is 14.0. The molecule has 1 fully saturated rings. The summed E-state index contributed by atoms with van der Waals surface area (Å²) >= 11 is 0. The molecule has 21 heavy (non-hydrogen) atoms. The molecule has 0 aromatic heterocycles. The lowest BCUT2D eigenvalue weighted by Crippen LogP contribution is -2.52. The highest BCUT2D eigenvalue weighted by Crippen LogP contribution is 2.17. The molecule has 1 aromatic rings. The van der Waals surface area contributed by atoms with Crippen LogP contribution in [0.25, 0.3) is 0 Å². The average molecular weight is 321 g/mol. The number of carbonyl (C=O) groups excluding carboxylic acids is 1. The van der Waals surface area contributed by atoms with E-state index in [0.29, 0.717) is 12.1 Å². The second-order valence-corrected chi connectivity index (χ2v) is 4.84. The van der Waals surface area contributed by atoms with Crippen LogP contribution in [-0.4, -0.2) is 43.1 Å². The van der Waals surface area contributed by atoms with E-state index in [2.05, 4.69) is 10.1 Å². The van der Waals surface area contributed by atoms with Gasteiger partial charge in [-0.15, -0.1) is 12.4 Å². The summed E-state index contributed by atoms with van der Waals surface area (Å²) in [5.41, 5.74) is 0.680. The van der Waals surface area contributed by atoms with Gasteiger partial charge in [0.05, 0.1) is 6.42 Å². The van der Waals surface area contributed by atoms with Gasteiger partial charge >= 0.3 is 6.61 Å². The molecule has 0 bridgehead atoms. The number of hydrogen-bond donors (Lipinski definition) is 1. The Bertz CT molecular complexity index is 474. The fraction of sp³-hybridized carbons (Fsp3) is 0.500. The Kier molecular flexibility index (Phi) is 6.84. The van der Waals surface area contributed by atoms with E-state index < -0.39 is 6.61 Å². The second kappa shape index (κ2) is 8.14. The number of hydrogen-bond acceptors (Lipinski definition) is 3. The van der Waals surface area contributed by atoms with Gasteiger partial charge < -0.3 is 15.0 Å². The van der Waals surface area contributed by atoms with Gasteiger partial charge in [0.1, 0.15) is 5.75 Å². The highest BCUT2D eigenvalue weighted by Gasteiger charge is 2.22. The zero-order valence-electron chi connectivity index (χ0n) is 11.7. The number of alkyl halides is 2. The molecule has 1 N–H and O–H groups in total. The van der Waals surface area contributed by atoms with Crippen LogP contribution in [0.4, 0.5) is 8.78 Å². The molecule has 1 aliphatic rings. The minimum absolute atomic E-state index is 0. The van der Waals surface area contributed by atoms with Crippen LogP contribution in [0.2, 0.25) is 0 Å². The highest BCUT2D eigenvalue weighted by atomic mass is 35.5. The number of nitrogens with zero attached hydrogens (tertiary/aromatic N) is 1. The number of nitrogens with one attached hydrogen (secondary N) is 1. The SMILES string of the molecule is C[C@@H]1CNCCN1C(=O)Cc1cccc(OC(F)F)c1.Cl. The molecule has 0 unspecified atom stereocenters. The van der Waals surface area contributed by atoms with Gasteiger partial charge in [-0.3, -0.25) is 4.79 Å². The predicted molar refractivity (Wildman–Crippen MR) is 78.1 cm³/mol. The molecule has 7 heteroatoms. The molecule has 1 aromatic carbocycles. The van der Waals surface area contributed by atoms with Crippen molar-refractivity contribution in [1.82, 2.24) is 10.2 Å². The molecule has 0 saturated carbocycles. The first-order chi connectivity index (χ1) is 9.56. The van der Waals surface area contributed by atoms with Crippen molar-refractivity contribution < 1.29 is 18.3 Å². The van der Waals surface area contributed by atoms with Crippen molar-refractivity contribution in [1.29, 1.82) is 0 Å². The number of ether oxygens (including phenoxy) is 1. The molecule has 1 atom stereocenters. The molecule has 1 heterocycles. The first-order valence-electron chi connectivity index (χ1n) is 6.60. The normalized spacial score (nSPS) is 18.3. The van der Waals surface area contributed by atoms with Crippen LogP contribution < -0.4 is 10.1 Å². The molecular weight excluding hydrogens is 302 g/mol. The maximum absolute atomic E-state index is 12.2. The van der Waals surface area contributed by atoms with Gasteiger partial charge in [0, 0.05) is 25.7 Å². The van der Waals surface area contributed by atoms with E-state index in [1.165, 1.54) is 12.1 Å². The standard InChI is InChI=1S/C14H18F2N2O2.ClH/c1-10-9-17-5-6-18(10)13(19)8-11-3-2-4-12(7-11)20-14(15)16;/h2-4,7,10,14,17H,5-6,8-9H2,1H3;1H/t10-;/m1./s1. The van der Waals surface area contributed by atoms with Gasteiger partial charge in [-0.1, -0.05) is 12.1 Å². The van der Waals surface area contributed by atoms with Gasteiger partial charge in [0.15, 0.2) is 0 Å². The van der Waals surface area contributed by atoms with E-state index in [1.807, 2.05) is 11.8 Å². The van der Waals surface area contributed by atoms with Gasteiger partial charge in [-0.25, -0.2) is 0 Å². The Morgan fingerprint density at radius 1 is 1.52 bits per heavy atom. The first-order valence-corrected chi connectivity index (χ1v) is 6.60. The molecule has 118 valence electrons. The van der Waals surface area contributed by atoms with Crippen LogP contribution in [0.5, 0.6) is 5.75 Å². The summed E-state index contributed by atoms with van der Waals surface area (Å²) in [5, 5.41) is 3.22.